The Balaban J connectivity index is 1.37. The van der Waals surface area contributed by atoms with E-state index in [4.69, 9.17) is 13.0 Å². The quantitative estimate of drug-likeness (QED) is 0.199. The first-order chi connectivity index (χ1) is 19.8. The minimum absolute atomic E-state index is 0.0000762. The van der Waals surface area contributed by atoms with Gasteiger partial charge in [0.05, 0.1) is 23.7 Å². The van der Waals surface area contributed by atoms with Crippen molar-refractivity contribution in [1.29, 1.82) is 0 Å². The van der Waals surface area contributed by atoms with E-state index in [2.05, 4.69) is 72.2 Å². The summed E-state index contributed by atoms with van der Waals surface area (Å²) in [7, 11) is -7.22. The summed E-state index contributed by atoms with van der Waals surface area (Å²) in [5, 5.41) is 0. The standard InChI is InChI=1S/C35H56O5SSi2/c1-24-11-14-28(15-12-24)41(36,37)38-23-25(2)30-17-18-31-29-16-13-26-21-27(39-42(5,6)7)22-33(40-43(8,9)10)35(26,4)32(29)19-20-34(30,31)3/h11-16,25,27,30-33H,17-23H2,1-10H3/t25?,27-,30-,31+,32+,33+,34-,35+/m1/s1. The van der Waals surface area contributed by atoms with Crippen LogP contribution in [0, 0.1) is 41.4 Å². The zero-order valence-electron chi connectivity index (χ0n) is 28.3. The molecule has 4 aliphatic rings. The molecule has 4 aliphatic carbocycles. The monoisotopic (exact) mass is 644 g/mol. The fourth-order valence-electron chi connectivity index (χ4n) is 9.25. The third kappa shape index (κ3) is 6.61. The molecule has 0 spiro atoms. The molecule has 1 unspecified atom stereocenters. The summed E-state index contributed by atoms with van der Waals surface area (Å²) in [5.74, 6) is 1.60. The van der Waals surface area contributed by atoms with Crippen molar-refractivity contribution in [3.8, 4) is 0 Å². The van der Waals surface area contributed by atoms with Crippen molar-refractivity contribution in [2.45, 2.75) is 123 Å². The highest BCUT2D eigenvalue weighted by Gasteiger charge is 2.60. The van der Waals surface area contributed by atoms with Gasteiger partial charge in [0.2, 0.25) is 0 Å². The van der Waals surface area contributed by atoms with Crippen molar-refractivity contribution in [1.82, 2.24) is 0 Å². The molecular formula is C35H56O5SSi2. The average molecular weight is 645 g/mol. The summed E-state index contributed by atoms with van der Waals surface area (Å²) in [5.41, 5.74) is 4.33. The average Bonchev–Trinajstić information content (AvgIpc) is 3.24. The molecule has 240 valence electrons. The van der Waals surface area contributed by atoms with Crippen LogP contribution in [0.25, 0.3) is 0 Å². The maximum Gasteiger partial charge on any atom is 0.296 e. The maximum absolute atomic E-state index is 13.0. The van der Waals surface area contributed by atoms with E-state index in [1.807, 2.05) is 19.1 Å². The van der Waals surface area contributed by atoms with Crippen LogP contribution in [-0.2, 0) is 23.2 Å². The second kappa shape index (κ2) is 11.6. The van der Waals surface area contributed by atoms with Crippen LogP contribution < -0.4 is 0 Å². The fourth-order valence-corrected chi connectivity index (χ4v) is 12.6. The summed E-state index contributed by atoms with van der Waals surface area (Å²) in [6.07, 6.45) is 12.0. The lowest BCUT2D eigenvalue weighted by Crippen LogP contribution is -2.56. The van der Waals surface area contributed by atoms with E-state index in [1.54, 1.807) is 17.7 Å². The molecular weight excluding hydrogens is 589 g/mol. The molecule has 5 nitrogen and oxygen atoms in total. The maximum atomic E-state index is 13.0. The van der Waals surface area contributed by atoms with E-state index in [-0.39, 0.29) is 40.5 Å². The molecule has 0 heterocycles. The van der Waals surface area contributed by atoms with Gasteiger partial charge in [-0.1, -0.05) is 61.8 Å². The minimum Gasteiger partial charge on any atom is -0.414 e. The molecule has 1 aromatic carbocycles. The highest BCUT2D eigenvalue weighted by atomic mass is 32.2. The fraction of sp³-hybridized carbons (Fsp3) is 0.714. The largest absolute Gasteiger partial charge is 0.414 e. The molecule has 0 bridgehead atoms. The number of hydrogen-bond donors (Lipinski definition) is 0. The van der Waals surface area contributed by atoms with Crippen LogP contribution in [0.1, 0.15) is 64.9 Å². The van der Waals surface area contributed by atoms with Crippen LogP contribution >= 0.6 is 0 Å². The Morgan fingerprint density at radius 1 is 0.907 bits per heavy atom. The van der Waals surface area contributed by atoms with Crippen LogP contribution in [0.4, 0.5) is 0 Å². The van der Waals surface area contributed by atoms with E-state index in [0.717, 1.165) is 37.7 Å². The lowest BCUT2D eigenvalue weighted by molar-refractivity contribution is -0.0424. The Kier molecular flexibility index (Phi) is 9.02. The summed E-state index contributed by atoms with van der Waals surface area (Å²) >= 11 is 0. The number of benzene rings is 1. The number of rotatable bonds is 9. The van der Waals surface area contributed by atoms with Gasteiger partial charge in [0, 0.05) is 5.41 Å². The molecule has 1 aromatic rings. The van der Waals surface area contributed by atoms with E-state index < -0.39 is 26.8 Å². The Labute approximate surface area is 264 Å². The van der Waals surface area contributed by atoms with Gasteiger partial charge in [-0.3, -0.25) is 4.18 Å². The Morgan fingerprint density at radius 3 is 2.19 bits per heavy atom. The molecule has 0 saturated heterocycles. The van der Waals surface area contributed by atoms with Crippen molar-refractivity contribution in [2.24, 2.45) is 34.5 Å². The molecule has 0 radical (unpaired) electrons. The zero-order chi connectivity index (χ0) is 31.6. The topological polar surface area (TPSA) is 61.8 Å². The summed E-state index contributed by atoms with van der Waals surface area (Å²) in [6.45, 7) is 23.2. The van der Waals surface area contributed by atoms with Crippen molar-refractivity contribution in [3.05, 3.63) is 53.1 Å². The van der Waals surface area contributed by atoms with Gasteiger partial charge < -0.3 is 8.85 Å². The molecule has 0 aliphatic heterocycles. The highest BCUT2D eigenvalue weighted by Crippen LogP contribution is 2.66. The van der Waals surface area contributed by atoms with Crippen molar-refractivity contribution < 1.29 is 21.5 Å². The van der Waals surface area contributed by atoms with Crippen LogP contribution in [0.15, 0.2) is 52.5 Å². The lowest BCUT2D eigenvalue weighted by atomic mass is 9.49. The molecule has 3 fully saturated rings. The van der Waals surface area contributed by atoms with E-state index in [0.29, 0.717) is 17.8 Å². The van der Waals surface area contributed by atoms with Gasteiger partial charge in [-0.25, -0.2) is 0 Å². The number of fused-ring (bicyclic) bond motifs is 5. The third-order valence-corrected chi connectivity index (χ3v) is 14.5. The third-order valence-electron chi connectivity index (χ3n) is 11.2. The van der Waals surface area contributed by atoms with Gasteiger partial charge >= 0.3 is 0 Å². The van der Waals surface area contributed by atoms with Crippen LogP contribution in [0.5, 0.6) is 0 Å². The summed E-state index contributed by atoms with van der Waals surface area (Å²) < 4.78 is 45.4. The molecule has 0 amide bonds. The van der Waals surface area contributed by atoms with E-state index in [9.17, 15) is 8.42 Å². The number of aryl methyl sites for hydroxylation is 1. The first-order valence-corrected chi connectivity index (χ1v) is 24.8. The van der Waals surface area contributed by atoms with Gasteiger partial charge in [0.15, 0.2) is 16.6 Å². The normalized spacial score (nSPS) is 35.3. The molecule has 8 atom stereocenters. The van der Waals surface area contributed by atoms with Gasteiger partial charge in [-0.15, -0.1) is 0 Å². The van der Waals surface area contributed by atoms with Crippen molar-refractivity contribution in [2.75, 3.05) is 6.61 Å². The molecule has 0 N–H and O–H groups in total. The second-order valence-electron chi connectivity index (χ2n) is 16.5. The highest BCUT2D eigenvalue weighted by molar-refractivity contribution is 7.86. The van der Waals surface area contributed by atoms with Gasteiger partial charge in [0.25, 0.3) is 10.1 Å². The van der Waals surface area contributed by atoms with Crippen molar-refractivity contribution in [3.63, 3.8) is 0 Å². The minimum atomic E-state index is -3.77. The molecule has 0 aromatic heterocycles. The second-order valence-corrected chi connectivity index (χ2v) is 27.1. The predicted octanol–water partition coefficient (Wildman–Crippen LogP) is 8.89. The van der Waals surface area contributed by atoms with E-state index >= 15 is 0 Å². The smallest absolute Gasteiger partial charge is 0.296 e. The van der Waals surface area contributed by atoms with Gasteiger partial charge in [-0.2, -0.15) is 8.42 Å². The molecule has 5 rings (SSSR count). The lowest BCUT2D eigenvalue weighted by Gasteiger charge is -2.58. The Bertz CT molecular complexity index is 1360. The molecule has 8 heteroatoms. The van der Waals surface area contributed by atoms with Crippen LogP contribution in [0.2, 0.25) is 39.3 Å². The predicted molar refractivity (Wildman–Crippen MR) is 180 cm³/mol. The van der Waals surface area contributed by atoms with Gasteiger partial charge in [-0.05, 0) is 126 Å². The summed E-state index contributed by atoms with van der Waals surface area (Å²) in [6, 6.07) is 6.94. The van der Waals surface area contributed by atoms with Gasteiger partial charge in [0.1, 0.15) is 0 Å². The Hall–Kier alpha value is -1.04. The SMILES string of the molecule is Cc1ccc(S(=O)(=O)OCC(C)[C@H]2CC[C@H]3C4=CC=C5C[C@@H](O[Si](C)(C)C)C[C@H](O[Si](C)(C)C)[C@]5(C)[C@H]4CC[C@]23C)cc1. The van der Waals surface area contributed by atoms with Crippen LogP contribution in [-0.4, -0.2) is 43.9 Å². The zero-order valence-corrected chi connectivity index (χ0v) is 31.1. The molecule has 43 heavy (non-hydrogen) atoms. The summed E-state index contributed by atoms with van der Waals surface area (Å²) in [4.78, 5) is 0.240. The first-order valence-electron chi connectivity index (χ1n) is 16.6. The van der Waals surface area contributed by atoms with Crippen LogP contribution in [0.3, 0.4) is 0 Å². The molecule has 3 saturated carbocycles. The number of allylic oxidation sites excluding steroid dienone is 3. The first kappa shape index (κ1) is 33.3. The number of hydrogen-bond acceptors (Lipinski definition) is 5. The van der Waals surface area contributed by atoms with E-state index in [1.165, 1.54) is 12.0 Å². The Morgan fingerprint density at radius 2 is 1.56 bits per heavy atom. The van der Waals surface area contributed by atoms with Crippen molar-refractivity contribution >= 4 is 26.8 Å².